The van der Waals surface area contributed by atoms with Gasteiger partial charge in [0.1, 0.15) is 11.4 Å². The number of aromatic nitrogens is 1. The summed E-state index contributed by atoms with van der Waals surface area (Å²) in [6, 6.07) is 17.8. The summed E-state index contributed by atoms with van der Waals surface area (Å²) in [4.78, 5) is 36.5. The third-order valence-corrected chi connectivity index (χ3v) is 6.74. The predicted octanol–water partition coefficient (Wildman–Crippen LogP) is 4.47. The van der Waals surface area contributed by atoms with Gasteiger partial charge in [-0.05, 0) is 49.2 Å². The van der Waals surface area contributed by atoms with Crippen LogP contribution in [0.3, 0.4) is 0 Å². The fraction of sp³-hybridized carbons (Fsp3) is 0.321. The van der Waals surface area contributed by atoms with E-state index in [-0.39, 0.29) is 24.7 Å². The Bertz CT molecular complexity index is 1250. The molecule has 5 rings (SSSR count). The zero-order valence-corrected chi connectivity index (χ0v) is 20.2. The van der Waals surface area contributed by atoms with Crippen molar-refractivity contribution >= 4 is 23.2 Å². The van der Waals surface area contributed by atoms with Crippen LogP contribution >= 0.6 is 0 Å². The maximum absolute atomic E-state index is 13.3. The van der Waals surface area contributed by atoms with E-state index >= 15 is 0 Å². The van der Waals surface area contributed by atoms with E-state index in [2.05, 4.69) is 41.9 Å². The molecule has 7 nitrogen and oxygen atoms in total. The van der Waals surface area contributed by atoms with E-state index in [0.717, 1.165) is 18.7 Å². The average Bonchev–Trinajstić information content (AvgIpc) is 3.05. The van der Waals surface area contributed by atoms with Gasteiger partial charge in [-0.1, -0.05) is 30.3 Å². The Morgan fingerprint density at radius 3 is 2.49 bits per heavy atom. The molecule has 1 fully saturated rings. The van der Waals surface area contributed by atoms with Gasteiger partial charge in [0.25, 0.3) is 0 Å². The third-order valence-electron chi connectivity index (χ3n) is 6.74. The highest BCUT2D eigenvalue weighted by molar-refractivity contribution is 5.96. The molecule has 0 unspecified atom stereocenters. The summed E-state index contributed by atoms with van der Waals surface area (Å²) >= 11 is 0. The van der Waals surface area contributed by atoms with Crippen LogP contribution in [0, 0.1) is 13.8 Å². The van der Waals surface area contributed by atoms with Crippen LogP contribution in [0.1, 0.15) is 29.5 Å². The number of carbonyl (C=O) groups is 2. The molecule has 0 atom stereocenters. The molecule has 1 saturated heterocycles. The van der Waals surface area contributed by atoms with Gasteiger partial charge >= 0.3 is 0 Å². The monoisotopic (exact) mass is 470 g/mol. The molecule has 1 aromatic heterocycles. The van der Waals surface area contributed by atoms with Gasteiger partial charge in [0, 0.05) is 56.5 Å². The Kier molecular flexibility index (Phi) is 6.40. The summed E-state index contributed by atoms with van der Waals surface area (Å²) in [6.07, 6.45) is 1.99. The maximum atomic E-state index is 13.3. The molecule has 2 aromatic carbocycles. The minimum atomic E-state index is -0.109. The molecule has 0 N–H and O–H groups in total. The quantitative estimate of drug-likeness (QED) is 0.563. The van der Waals surface area contributed by atoms with Crippen molar-refractivity contribution in [3.63, 3.8) is 0 Å². The SMILES string of the molecule is Cc1ccc(C)c(N2CCN(C(=O)CCC(=O)N3Cc4ccccc4Oc4ncccc43)CC2)c1. The van der Waals surface area contributed by atoms with Crippen LogP contribution in [0.4, 0.5) is 11.4 Å². The number of piperazine rings is 1. The molecular weight excluding hydrogens is 440 g/mol. The van der Waals surface area contributed by atoms with Crippen molar-refractivity contribution < 1.29 is 14.3 Å². The predicted molar refractivity (Wildman–Crippen MR) is 136 cm³/mol. The van der Waals surface area contributed by atoms with E-state index in [1.807, 2.05) is 35.2 Å². The molecule has 7 heteroatoms. The van der Waals surface area contributed by atoms with Gasteiger partial charge in [0.15, 0.2) is 0 Å². The van der Waals surface area contributed by atoms with Crippen molar-refractivity contribution in [1.29, 1.82) is 0 Å². The molecule has 2 aliphatic rings. The molecule has 2 amide bonds. The number of anilines is 2. The van der Waals surface area contributed by atoms with Gasteiger partial charge in [-0.2, -0.15) is 0 Å². The van der Waals surface area contributed by atoms with Crippen molar-refractivity contribution in [3.8, 4) is 11.6 Å². The average molecular weight is 471 g/mol. The molecule has 3 aromatic rings. The molecule has 35 heavy (non-hydrogen) atoms. The van der Waals surface area contributed by atoms with E-state index in [9.17, 15) is 9.59 Å². The number of pyridine rings is 1. The van der Waals surface area contributed by atoms with Crippen LogP contribution in [0.2, 0.25) is 0 Å². The summed E-state index contributed by atoms with van der Waals surface area (Å²) in [5, 5.41) is 0. The van der Waals surface area contributed by atoms with Crippen LogP contribution in [0.25, 0.3) is 0 Å². The van der Waals surface area contributed by atoms with E-state index in [4.69, 9.17) is 4.74 Å². The van der Waals surface area contributed by atoms with Crippen molar-refractivity contribution in [3.05, 3.63) is 77.5 Å². The first-order valence-electron chi connectivity index (χ1n) is 12.1. The minimum Gasteiger partial charge on any atom is -0.437 e. The van der Waals surface area contributed by atoms with Gasteiger partial charge in [-0.3, -0.25) is 9.59 Å². The molecule has 0 aliphatic carbocycles. The Hall–Kier alpha value is -3.87. The van der Waals surface area contributed by atoms with Crippen LogP contribution in [0.15, 0.2) is 60.8 Å². The number of rotatable bonds is 4. The van der Waals surface area contributed by atoms with E-state index < -0.39 is 0 Å². The normalized spacial score (nSPS) is 15.1. The molecule has 3 heterocycles. The summed E-state index contributed by atoms with van der Waals surface area (Å²) < 4.78 is 5.98. The van der Waals surface area contributed by atoms with Crippen LogP contribution < -0.4 is 14.5 Å². The Balaban J connectivity index is 1.21. The first-order chi connectivity index (χ1) is 17.0. The van der Waals surface area contributed by atoms with E-state index in [1.165, 1.54) is 16.8 Å². The topological polar surface area (TPSA) is 66.0 Å². The number of aryl methyl sites for hydroxylation is 2. The lowest BCUT2D eigenvalue weighted by Gasteiger charge is -2.37. The highest BCUT2D eigenvalue weighted by atomic mass is 16.5. The van der Waals surface area contributed by atoms with Crippen molar-refractivity contribution in [2.45, 2.75) is 33.2 Å². The Morgan fingerprint density at radius 2 is 1.66 bits per heavy atom. The fourth-order valence-electron chi connectivity index (χ4n) is 4.75. The second kappa shape index (κ2) is 9.78. The van der Waals surface area contributed by atoms with E-state index in [0.29, 0.717) is 37.0 Å². The number of hydrogen-bond donors (Lipinski definition) is 0. The maximum Gasteiger partial charge on any atom is 0.243 e. The lowest BCUT2D eigenvalue weighted by molar-refractivity contribution is -0.133. The number of para-hydroxylation sites is 1. The zero-order chi connectivity index (χ0) is 24.4. The first kappa shape index (κ1) is 22.9. The highest BCUT2D eigenvalue weighted by Crippen LogP contribution is 2.37. The number of fused-ring (bicyclic) bond motifs is 2. The largest absolute Gasteiger partial charge is 0.437 e. The van der Waals surface area contributed by atoms with Crippen molar-refractivity contribution in [1.82, 2.24) is 9.88 Å². The first-order valence-corrected chi connectivity index (χ1v) is 12.1. The standard InChI is InChI=1S/C28H30N4O3/c1-20-9-10-21(2)24(18-20)30-14-16-31(17-15-30)26(33)11-12-27(34)32-19-22-6-3-4-8-25(22)35-28-23(32)7-5-13-29-28/h3-10,13,18H,11-12,14-17,19H2,1-2H3. The van der Waals surface area contributed by atoms with Gasteiger partial charge in [0.05, 0.1) is 6.54 Å². The number of nitrogens with zero attached hydrogens (tertiary/aromatic N) is 4. The number of benzene rings is 2. The molecule has 0 saturated carbocycles. The molecule has 0 bridgehead atoms. The molecule has 0 spiro atoms. The summed E-state index contributed by atoms with van der Waals surface area (Å²) in [5.41, 5.74) is 5.26. The zero-order valence-electron chi connectivity index (χ0n) is 20.2. The lowest BCUT2D eigenvalue weighted by Crippen LogP contribution is -2.49. The summed E-state index contributed by atoms with van der Waals surface area (Å²) in [5.74, 6) is 1.01. The summed E-state index contributed by atoms with van der Waals surface area (Å²) in [6.45, 7) is 7.53. The lowest BCUT2D eigenvalue weighted by atomic mass is 10.1. The van der Waals surface area contributed by atoms with Gasteiger partial charge in [0.2, 0.25) is 17.7 Å². The van der Waals surface area contributed by atoms with Gasteiger partial charge in [-0.15, -0.1) is 0 Å². The molecule has 180 valence electrons. The van der Waals surface area contributed by atoms with Crippen LogP contribution in [0.5, 0.6) is 11.6 Å². The minimum absolute atomic E-state index is 0.0249. The van der Waals surface area contributed by atoms with Crippen LogP contribution in [-0.4, -0.2) is 47.9 Å². The van der Waals surface area contributed by atoms with Crippen molar-refractivity contribution in [2.24, 2.45) is 0 Å². The number of hydrogen-bond acceptors (Lipinski definition) is 5. The van der Waals surface area contributed by atoms with Crippen LogP contribution in [-0.2, 0) is 16.1 Å². The summed E-state index contributed by atoms with van der Waals surface area (Å²) in [7, 11) is 0. The number of amides is 2. The van der Waals surface area contributed by atoms with Crippen molar-refractivity contribution in [2.75, 3.05) is 36.0 Å². The van der Waals surface area contributed by atoms with E-state index in [1.54, 1.807) is 17.2 Å². The molecular formula is C28H30N4O3. The van der Waals surface area contributed by atoms with Gasteiger partial charge in [-0.25, -0.2) is 4.98 Å². The molecule has 2 aliphatic heterocycles. The Morgan fingerprint density at radius 1 is 0.886 bits per heavy atom. The fourth-order valence-corrected chi connectivity index (χ4v) is 4.75. The Labute approximate surface area is 205 Å². The number of ether oxygens (including phenoxy) is 1. The number of carbonyl (C=O) groups excluding carboxylic acids is 2. The smallest absolute Gasteiger partial charge is 0.243 e. The second-order valence-corrected chi connectivity index (χ2v) is 9.18. The third kappa shape index (κ3) is 4.85. The highest BCUT2D eigenvalue weighted by Gasteiger charge is 2.28. The van der Waals surface area contributed by atoms with Gasteiger partial charge < -0.3 is 19.4 Å². The second-order valence-electron chi connectivity index (χ2n) is 9.18. The molecule has 0 radical (unpaired) electrons.